The normalized spacial score (nSPS) is 10.8. The minimum absolute atomic E-state index is 0. The molecule has 9 aromatic rings. The quantitative estimate of drug-likeness (QED) is 0.155. The molecule has 1 heteroatoms. The number of rotatable bonds is 0. The van der Waals surface area contributed by atoms with E-state index in [1.165, 1.54) is 64.6 Å². The molecule has 0 fully saturated rings. The zero-order valence-corrected chi connectivity index (χ0v) is 24.5. The summed E-state index contributed by atoms with van der Waals surface area (Å²) in [6.07, 6.45) is 0. The van der Waals surface area contributed by atoms with Crippen LogP contribution in [0, 0.1) is 0 Å². The largest absolute Gasteiger partial charge is 4.00 e. The third-order valence-corrected chi connectivity index (χ3v) is 7.63. The van der Waals surface area contributed by atoms with Gasteiger partial charge in [-0.2, -0.15) is 36.4 Å². The molecule has 0 nitrogen and oxygen atoms in total. The Kier molecular flexibility index (Phi) is 7.50. The van der Waals surface area contributed by atoms with Crippen molar-refractivity contribution < 1.29 is 27.6 Å². The van der Waals surface area contributed by atoms with Crippen LogP contribution in [0.5, 0.6) is 0 Å². The Morgan fingerprint density at radius 3 is 0.900 bits per heavy atom. The number of hydrogen-bond donors (Lipinski definition) is 0. The number of benzene rings is 6. The van der Waals surface area contributed by atoms with Gasteiger partial charge in [-0.25, -0.2) is 0 Å². The van der Waals surface area contributed by atoms with Gasteiger partial charge in [-0.3, -0.25) is 0 Å². The van der Waals surface area contributed by atoms with Gasteiger partial charge in [0.05, 0.1) is 0 Å². The fourth-order valence-corrected chi connectivity index (χ4v) is 5.68. The van der Waals surface area contributed by atoms with Gasteiger partial charge in [-0.05, 0) is 0 Å². The van der Waals surface area contributed by atoms with E-state index in [0.29, 0.717) is 0 Å². The summed E-state index contributed by atoms with van der Waals surface area (Å²) >= 11 is 0. The number of fused-ring (bicyclic) bond motifs is 9. The minimum Gasteiger partial charge on any atom is -1.00 e. The van der Waals surface area contributed by atoms with Crippen LogP contribution in [-0.2, 0) is 26.2 Å². The van der Waals surface area contributed by atoms with Crippen molar-refractivity contribution in [2.24, 2.45) is 0 Å². The molecule has 0 saturated carbocycles. The molecule has 0 aliphatic heterocycles. The fourth-order valence-electron chi connectivity index (χ4n) is 5.68. The summed E-state index contributed by atoms with van der Waals surface area (Å²) in [6, 6.07) is 57.9. The van der Waals surface area contributed by atoms with Crippen LogP contribution < -0.4 is 0 Å². The molecule has 0 radical (unpaired) electrons. The van der Waals surface area contributed by atoms with Crippen LogP contribution in [0.15, 0.2) is 164 Å². The predicted octanol–water partition coefficient (Wildman–Crippen LogP) is 11.2. The molecule has 0 unspecified atom stereocenters. The molecule has 0 saturated heterocycles. The van der Waals surface area contributed by atoms with E-state index in [9.17, 15) is 0 Å². The molecule has 0 N–H and O–H groups in total. The SMILES string of the molecule is [H-].[Zr+4].c1ccc2c(c1)ccc1cc[cH-]c12.c1ccc2c(c1)ccc1cc[cH-]c12.c1ccc2c(c1)ccc1cc[cH-]c12. The molecule has 0 aliphatic rings. The van der Waals surface area contributed by atoms with Gasteiger partial charge in [-0.15, -0.1) is 68.7 Å². The van der Waals surface area contributed by atoms with Crippen molar-refractivity contribution in [2.45, 2.75) is 0 Å². The monoisotopic (exact) mass is 586 g/mol. The second kappa shape index (κ2) is 11.5. The third-order valence-electron chi connectivity index (χ3n) is 7.63. The second-order valence-corrected chi connectivity index (χ2v) is 9.95. The van der Waals surface area contributed by atoms with Gasteiger partial charge in [0.15, 0.2) is 0 Å². The molecule has 9 aromatic carbocycles. The molecular formula is C39H28Zr. The Morgan fingerprint density at radius 1 is 0.300 bits per heavy atom. The second-order valence-electron chi connectivity index (χ2n) is 9.95. The van der Waals surface area contributed by atoms with Crippen molar-refractivity contribution in [2.75, 3.05) is 0 Å². The van der Waals surface area contributed by atoms with Gasteiger partial charge >= 0.3 is 26.2 Å². The Hall–Kier alpha value is -4.19. The molecule has 0 aliphatic carbocycles. The van der Waals surface area contributed by atoms with Gasteiger partial charge in [0.2, 0.25) is 0 Å². The summed E-state index contributed by atoms with van der Waals surface area (Å²) in [5.41, 5.74) is 0. The Labute approximate surface area is 254 Å². The Morgan fingerprint density at radius 2 is 0.575 bits per heavy atom. The standard InChI is InChI=1S/3C13H9.Zr.H/c3*1-2-6-12-10(4-1)8-9-11-5-3-7-13(11)12;;/h3*1-9H;;/q3*-1;+4;-1. The maximum absolute atomic E-state index is 2.18. The van der Waals surface area contributed by atoms with E-state index in [2.05, 4.69) is 164 Å². The van der Waals surface area contributed by atoms with Crippen molar-refractivity contribution in [3.05, 3.63) is 164 Å². The molecule has 0 spiro atoms. The van der Waals surface area contributed by atoms with Crippen molar-refractivity contribution in [3.8, 4) is 0 Å². The topological polar surface area (TPSA) is 0 Å². The van der Waals surface area contributed by atoms with Crippen LogP contribution in [0.4, 0.5) is 0 Å². The summed E-state index contributed by atoms with van der Waals surface area (Å²) in [7, 11) is 0. The predicted molar refractivity (Wildman–Crippen MR) is 172 cm³/mol. The van der Waals surface area contributed by atoms with E-state index in [0.717, 1.165) is 0 Å². The van der Waals surface area contributed by atoms with Gasteiger partial charge in [0.25, 0.3) is 0 Å². The van der Waals surface area contributed by atoms with E-state index < -0.39 is 0 Å². The summed E-state index contributed by atoms with van der Waals surface area (Å²) in [4.78, 5) is 0. The van der Waals surface area contributed by atoms with Crippen molar-refractivity contribution in [3.63, 3.8) is 0 Å². The zero-order chi connectivity index (χ0) is 26.0. The summed E-state index contributed by atoms with van der Waals surface area (Å²) in [5.74, 6) is 0. The first kappa shape index (κ1) is 26.1. The molecule has 0 aromatic heterocycles. The third kappa shape index (κ3) is 4.94. The van der Waals surface area contributed by atoms with E-state index >= 15 is 0 Å². The van der Waals surface area contributed by atoms with Crippen LogP contribution in [-0.4, -0.2) is 0 Å². The zero-order valence-electron chi connectivity index (χ0n) is 23.1. The van der Waals surface area contributed by atoms with E-state index in [-0.39, 0.29) is 27.6 Å². The van der Waals surface area contributed by atoms with E-state index in [4.69, 9.17) is 0 Å². The van der Waals surface area contributed by atoms with Crippen LogP contribution >= 0.6 is 0 Å². The molecular weight excluding hydrogens is 560 g/mol. The summed E-state index contributed by atoms with van der Waals surface area (Å²) in [6.45, 7) is 0. The van der Waals surface area contributed by atoms with Gasteiger partial charge in [0, 0.05) is 0 Å². The average molecular weight is 588 g/mol. The smallest absolute Gasteiger partial charge is 1.00 e. The summed E-state index contributed by atoms with van der Waals surface area (Å²) < 4.78 is 0. The fraction of sp³-hybridized carbons (Fsp3) is 0. The first-order valence-electron chi connectivity index (χ1n) is 13.4. The molecule has 9 rings (SSSR count). The molecule has 40 heavy (non-hydrogen) atoms. The van der Waals surface area contributed by atoms with Crippen molar-refractivity contribution in [1.82, 2.24) is 0 Å². The molecule has 0 bridgehead atoms. The van der Waals surface area contributed by atoms with Crippen LogP contribution in [0.1, 0.15) is 1.43 Å². The molecule has 188 valence electrons. The first-order chi connectivity index (χ1) is 19.3. The average Bonchev–Trinajstić information content (AvgIpc) is 3.78. The van der Waals surface area contributed by atoms with Crippen LogP contribution in [0.3, 0.4) is 0 Å². The van der Waals surface area contributed by atoms with E-state index in [1.54, 1.807) is 0 Å². The van der Waals surface area contributed by atoms with Crippen molar-refractivity contribution in [1.29, 1.82) is 0 Å². The van der Waals surface area contributed by atoms with Crippen LogP contribution in [0.2, 0.25) is 0 Å². The number of hydrogen-bond acceptors (Lipinski definition) is 0. The van der Waals surface area contributed by atoms with Gasteiger partial charge in [-0.1, -0.05) is 123 Å². The maximum Gasteiger partial charge on any atom is 4.00 e. The van der Waals surface area contributed by atoms with Crippen molar-refractivity contribution >= 4 is 64.6 Å². The maximum atomic E-state index is 2.18. The minimum atomic E-state index is 0. The summed E-state index contributed by atoms with van der Waals surface area (Å²) in [5, 5.41) is 16.1. The Balaban J connectivity index is 0.000000121. The Bertz CT molecular complexity index is 1940. The first-order valence-corrected chi connectivity index (χ1v) is 13.4. The van der Waals surface area contributed by atoms with Gasteiger partial charge in [0.1, 0.15) is 0 Å². The van der Waals surface area contributed by atoms with Gasteiger partial charge < -0.3 is 1.43 Å². The molecule has 0 amide bonds. The molecule has 0 atom stereocenters. The molecule has 0 heterocycles. The van der Waals surface area contributed by atoms with Crippen LogP contribution in [0.25, 0.3) is 64.6 Å². The van der Waals surface area contributed by atoms with E-state index in [1.807, 2.05) is 0 Å².